The van der Waals surface area contributed by atoms with Crippen LogP contribution in [0, 0.1) is 0 Å². The topological polar surface area (TPSA) is 72.7 Å². The van der Waals surface area contributed by atoms with Crippen LogP contribution < -0.4 is 10.6 Å². The van der Waals surface area contributed by atoms with E-state index in [1.165, 1.54) is 11.1 Å². The van der Waals surface area contributed by atoms with Gasteiger partial charge in [0.25, 0.3) is 0 Å². The molecule has 0 aliphatic heterocycles. The Labute approximate surface area is 191 Å². The molecule has 0 unspecified atom stereocenters. The Kier molecular flexibility index (Phi) is 14.2. The molecule has 29 heavy (non-hydrogen) atoms. The molecule has 8 heteroatoms. The molecular formula is C21H34IN5O2. The van der Waals surface area contributed by atoms with Gasteiger partial charge < -0.3 is 24.7 Å². The number of aromatic nitrogens is 2. The van der Waals surface area contributed by atoms with E-state index in [0.29, 0.717) is 32.9 Å². The summed E-state index contributed by atoms with van der Waals surface area (Å²) in [7, 11) is 1.77. The lowest BCUT2D eigenvalue weighted by molar-refractivity contribution is 0.0487. The third-order valence-electron chi connectivity index (χ3n) is 4.15. The average molecular weight is 515 g/mol. The molecule has 0 radical (unpaired) electrons. The Hall–Kier alpha value is -1.65. The molecular weight excluding hydrogens is 481 g/mol. The van der Waals surface area contributed by atoms with E-state index in [9.17, 15) is 0 Å². The first-order valence-corrected chi connectivity index (χ1v) is 9.95. The van der Waals surface area contributed by atoms with E-state index in [2.05, 4.69) is 56.4 Å². The van der Waals surface area contributed by atoms with Crippen molar-refractivity contribution >= 4 is 29.9 Å². The largest absolute Gasteiger partial charge is 0.379 e. The quantitative estimate of drug-likeness (QED) is 0.186. The number of benzene rings is 1. The minimum absolute atomic E-state index is 0. The number of aliphatic imine (C=N–C) groups is 1. The van der Waals surface area contributed by atoms with Crippen molar-refractivity contribution in [3.8, 4) is 0 Å². The third-order valence-corrected chi connectivity index (χ3v) is 4.15. The lowest BCUT2D eigenvalue weighted by Crippen LogP contribution is -2.38. The predicted molar refractivity (Wildman–Crippen MR) is 128 cm³/mol. The van der Waals surface area contributed by atoms with E-state index in [1.54, 1.807) is 13.2 Å². The number of imidazole rings is 1. The number of nitrogens with one attached hydrogen (secondary N) is 2. The first-order valence-electron chi connectivity index (χ1n) is 9.95. The maximum Gasteiger partial charge on any atom is 0.191 e. The Bertz CT molecular complexity index is 679. The van der Waals surface area contributed by atoms with Crippen molar-refractivity contribution in [1.82, 2.24) is 20.2 Å². The van der Waals surface area contributed by atoms with Crippen LogP contribution in [0.5, 0.6) is 0 Å². The van der Waals surface area contributed by atoms with Crippen LogP contribution in [-0.4, -0.2) is 55.5 Å². The van der Waals surface area contributed by atoms with Crippen LogP contribution in [0.1, 0.15) is 30.9 Å². The fourth-order valence-corrected chi connectivity index (χ4v) is 2.65. The Morgan fingerprint density at radius 2 is 1.90 bits per heavy atom. The maximum atomic E-state index is 5.56. The Morgan fingerprint density at radius 1 is 1.10 bits per heavy atom. The van der Waals surface area contributed by atoms with Crippen LogP contribution in [0.4, 0.5) is 0 Å². The van der Waals surface area contributed by atoms with Crippen LogP contribution in [0.3, 0.4) is 0 Å². The second-order valence-electron chi connectivity index (χ2n) is 6.49. The Balaban J connectivity index is 0.00000420. The van der Waals surface area contributed by atoms with Gasteiger partial charge in [0.05, 0.1) is 26.1 Å². The molecule has 2 aromatic rings. The van der Waals surface area contributed by atoms with E-state index in [4.69, 9.17) is 9.47 Å². The van der Waals surface area contributed by atoms with E-state index < -0.39 is 0 Å². The number of guanidine groups is 1. The van der Waals surface area contributed by atoms with Gasteiger partial charge >= 0.3 is 0 Å². The molecule has 1 aromatic carbocycles. The average Bonchev–Trinajstić information content (AvgIpc) is 3.22. The minimum atomic E-state index is 0. The summed E-state index contributed by atoms with van der Waals surface area (Å²) in [4.78, 5) is 8.34. The summed E-state index contributed by atoms with van der Waals surface area (Å²) in [5, 5.41) is 6.60. The molecule has 0 amide bonds. The summed E-state index contributed by atoms with van der Waals surface area (Å²) < 4.78 is 13.1. The zero-order chi connectivity index (χ0) is 19.9. The van der Waals surface area contributed by atoms with Gasteiger partial charge in [-0.15, -0.1) is 24.0 Å². The molecule has 0 aliphatic rings. The lowest BCUT2D eigenvalue weighted by Gasteiger charge is -2.13. The number of ether oxygens (including phenoxy) is 2. The van der Waals surface area contributed by atoms with E-state index >= 15 is 0 Å². The van der Waals surface area contributed by atoms with Crippen molar-refractivity contribution in [2.45, 2.75) is 32.9 Å². The van der Waals surface area contributed by atoms with Gasteiger partial charge in [-0.25, -0.2) is 4.98 Å². The second kappa shape index (κ2) is 16.2. The van der Waals surface area contributed by atoms with Gasteiger partial charge in [-0.05, 0) is 17.5 Å². The second-order valence-corrected chi connectivity index (χ2v) is 6.49. The molecule has 0 saturated heterocycles. The number of hydrogen-bond donors (Lipinski definition) is 2. The van der Waals surface area contributed by atoms with Crippen LogP contribution in [0.15, 0.2) is 48.0 Å². The predicted octanol–water partition coefficient (Wildman–Crippen LogP) is 3.05. The minimum Gasteiger partial charge on any atom is -0.379 e. The number of unbranched alkanes of at least 4 members (excludes halogenated alkanes) is 1. The molecule has 0 spiro atoms. The van der Waals surface area contributed by atoms with Crippen LogP contribution in [0.25, 0.3) is 0 Å². The summed E-state index contributed by atoms with van der Waals surface area (Å²) in [6.07, 6.45) is 7.86. The molecule has 0 bridgehead atoms. The first-order chi connectivity index (χ1) is 13.8. The van der Waals surface area contributed by atoms with E-state index in [1.807, 2.05) is 12.5 Å². The molecule has 7 nitrogen and oxygen atoms in total. The summed E-state index contributed by atoms with van der Waals surface area (Å²) >= 11 is 0. The maximum absolute atomic E-state index is 5.56. The molecule has 0 atom stereocenters. The highest BCUT2D eigenvalue weighted by Gasteiger charge is 2.01. The van der Waals surface area contributed by atoms with Gasteiger partial charge in [0, 0.05) is 45.7 Å². The molecule has 162 valence electrons. The third kappa shape index (κ3) is 11.2. The molecule has 0 fully saturated rings. The van der Waals surface area contributed by atoms with Crippen LogP contribution in [-0.2, 0) is 22.6 Å². The summed E-state index contributed by atoms with van der Waals surface area (Å²) in [6, 6.07) is 8.51. The molecule has 0 aliphatic carbocycles. The number of hydrogen-bond acceptors (Lipinski definition) is 4. The van der Waals surface area contributed by atoms with Crippen LogP contribution in [0.2, 0.25) is 0 Å². The Morgan fingerprint density at radius 3 is 2.62 bits per heavy atom. The normalized spacial score (nSPS) is 11.2. The van der Waals surface area contributed by atoms with Crippen molar-refractivity contribution in [3.63, 3.8) is 0 Å². The molecule has 0 saturated carbocycles. The van der Waals surface area contributed by atoms with E-state index in [0.717, 1.165) is 32.0 Å². The van der Waals surface area contributed by atoms with Gasteiger partial charge in [0.15, 0.2) is 5.96 Å². The summed E-state index contributed by atoms with van der Waals surface area (Å²) in [5.41, 5.74) is 2.45. The number of rotatable bonds is 13. The standard InChI is InChI=1S/C21H33N5O2.HI/c1-3-4-11-27-13-14-28-12-9-24-21(22-2)25-16-19-6-5-7-20(15-19)17-26-10-8-23-18-26;/h5-8,10,15,18H,3-4,9,11-14,16-17H2,1-2H3,(H2,22,24,25);1H. The van der Waals surface area contributed by atoms with Crippen LogP contribution >= 0.6 is 24.0 Å². The highest BCUT2D eigenvalue weighted by Crippen LogP contribution is 2.07. The molecule has 2 N–H and O–H groups in total. The molecule has 1 aromatic heterocycles. The van der Waals surface area contributed by atoms with Gasteiger partial charge in [-0.2, -0.15) is 0 Å². The molecule has 1 heterocycles. The van der Waals surface area contributed by atoms with Gasteiger partial charge in [-0.3, -0.25) is 4.99 Å². The fraction of sp³-hybridized carbons (Fsp3) is 0.524. The summed E-state index contributed by atoms with van der Waals surface area (Å²) in [6.45, 7) is 7.11. The van der Waals surface area contributed by atoms with Crippen molar-refractivity contribution < 1.29 is 9.47 Å². The number of nitrogens with zero attached hydrogens (tertiary/aromatic N) is 3. The lowest BCUT2D eigenvalue weighted by atomic mass is 10.1. The van der Waals surface area contributed by atoms with Crippen molar-refractivity contribution in [2.24, 2.45) is 4.99 Å². The highest BCUT2D eigenvalue weighted by molar-refractivity contribution is 14.0. The zero-order valence-corrected chi connectivity index (χ0v) is 19.8. The monoisotopic (exact) mass is 515 g/mol. The number of halogens is 1. The first kappa shape index (κ1) is 25.4. The zero-order valence-electron chi connectivity index (χ0n) is 17.5. The van der Waals surface area contributed by atoms with Crippen molar-refractivity contribution in [2.75, 3.05) is 40.0 Å². The van der Waals surface area contributed by atoms with Crippen molar-refractivity contribution in [1.29, 1.82) is 0 Å². The highest BCUT2D eigenvalue weighted by atomic mass is 127. The summed E-state index contributed by atoms with van der Waals surface area (Å²) in [5.74, 6) is 0.766. The van der Waals surface area contributed by atoms with Crippen molar-refractivity contribution in [3.05, 3.63) is 54.1 Å². The van der Waals surface area contributed by atoms with Gasteiger partial charge in [-0.1, -0.05) is 37.6 Å². The van der Waals surface area contributed by atoms with E-state index in [-0.39, 0.29) is 24.0 Å². The smallest absolute Gasteiger partial charge is 0.191 e. The fourth-order valence-electron chi connectivity index (χ4n) is 2.65. The van der Waals surface area contributed by atoms with Gasteiger partial charge in [0.1, 0.15) is 0 Å². The SMILES string of the molecule is CCCCOCCOCCNC(=NC)NCc1cccc(Cn2ccnc2)c1.I. The molecule has 2 rings (SSSR count). The van der Waals surface area contributed by atoms with Gasteiger partial charge in [0.2, 0.25) is 0 Å².